The normalized spacial score (nSPS) is 32.4. The molecular formula is C20H24BrNO3. The number of ether oxygens (including phenoxy) is 1. The van der Waals surface area contributed by atoms with Gasteiger partial charge in [-0.3, -0.25) is 4.79 Å². The maximum atomic E-state index is 12.1. The number of carbonyl (C=O) groups is 2. The molecule has 4 nitrogen and oxygen atoms in total. The highest BCUT2D eigenvalue weighted by Crippen LogP contribution is 2.59. The fourth-order valence-corrected chi connectivity index (χ4v) is 5.91. The quantitative estimate of drug-likeness (QED) is 0.754. The topological polar surface area (TPSA) is 55.4 Å². The molecular weight excluding hydrogens is 382 g/mol. The van der Waals surface area contributed by atoms with E-state index in [1.807, 2.05) is 0 Å². The molecule has 0 radical (unpaired) electrons. The van der Waals surface area contributed by atoms with Crippen LogP contribution in [0, 0.1) is 23.2 Å². The number of rotatable bonds is 5. The lowest BCUT2D eigenvalue weighted by Gasteiger charge is -2.56. The summed E-state index contributed by atoms with van der Waals surface area (Å²) in [6.07, 6.45) is 7.99. The Morgan fingerprint density at radius 3 is 2.16 bits per heavy atom. The largest absolute Gasteiger partial charge is 0.452 e. The lowest BCUT2D eigenvalue weighted by molar-refractivity contribution is -0.126. The molecule has 0 aliphatic heterocycles. The van der Waals surface area contributed by atoms with Crippen LogP contribution in [-0.4, -0.2) is 25.0 Å². The predicted molar refractivity (Wildman–Crippen MR) is 98.0 cm³/mol. The minimum Gasteiger partial charge on any atom is -0.452 e. The van der Waals surface area contributed by atoms with Crippen molar-refractivity contribution < 1.29 is 14.3 Å². The molecule has 4 aliphatic rings. The summed E-state index contributed by atoms with van der Waals surface area (Å²) in [6, 6.07) is 6.92. The Labute approximate surface area is 156 Å². The van der Waals surface area contributed by atoms with Gasteiger partial charge in [0.2, 0.25) is 0 Å². The number of esters is 1. The van der Waals surface area contributed by atoms with Crippen molar-refractivity contribution in [2.45, 2.75) is 38.5 Å². The van der Waals surface area contributed by atoms with Crippen LogP contribution in [0.4, 0.5) is 0 Å². The van der Waals surface area contributed by atoms with E-state index in [0.29, 0.717) is 11.0 Å². The molecule has 0 saturated heterocycles. The number of benzene rings is 1. The molecule has 4 aliphatic carbocycles. The van der Waals surface area contributed by atoms with Crippen molar-refractivity contribution in [1.29, 1.82) is 0 Å². The summed E-state index contributed by atoms with van der Waals surface area (Å²) in [7, 11) is 0. The minimum atomic E-state index is -0.461. The van der Waals surface area contributed by atoms with Crippen LogP contribution in [0.25, 0.3) is 0 Å². The van der Waals surface area contributed by atoms with E-state index >= 15 is 0 Å². The Hall–Kier alpha value is -1.36. The molecule has 4 fully saturated rings. The summed E-state index contributed by atoms with van der Waals surface area (Å²) in [5.74, 6) is 1.97. The molecule has 5 rings (SSSR count). The Morgan fingerprint density at radius 2 is 1.60 bits per heavy atom. The van der Waals surface area contributed by atoms with E-state index < -0.39 is 5.97 Å². The SMILES string of the molecule is O=C(COC(=O)c1ccc(Br)cc1)NCC12CC3CC(CC(C3)C1)C2. The van der Waals surface area contributed by atoms with Gasteiger partial charge in [0.1, 0.15) is 0 Å². The number of carbonyl (C=O) groups excluding carboxylic acids is 2. The van der Waals surface area contributed by atoms with Crippen LogP contribution < -0.4 is 5.32 Å². The van der Waals surface area contributed by atoms with Crippen molar-refractivity contribution in [2.75, 3.05) is 13.2 Å². The Morgan fingerprint density at radius 1 is 1.04 bits per heavy atom. The molecule has 4 bridgehead atoms. The van der Waals surface area contributed by atoms with Crippen LogP contribution in [0.5, 0.6) is 0 Å². The molecule has 4 saturated carbocycles. The van der Waals surface area contributed by atoms with Crippen molar-refractivity contribution >= 4 is 27.8 Å². The first kappa shape index (κ1) is 17.1. The molecule has 0 aromatic heterocycles. The average molecular weight is 406 g/mol. The Balaban J connectivity index is 1.26. The van der Waals surface area contributed by atoms with Crippen LogP contribution in [-0.2, 0) is 9.53 Å². The van der Waals surface area contributed by atoms with Gasteiger partial charge in [-0.05, 0) is 86.0 Å². The lowest BCUT2D eigenvalue weighted by atomic mass is 9.49. The molecule has 0 atom stereocenters. The smallest absolute Gasteiger partial charge is 0.338 e. The van der Waals surface area contributed by atoms with Gasteiger partial charge < -0.3 is 10.1 Å². The third kappa shape index (κ3) is 3.76. The summed E-state index contributed by atoms with van der Waals surface area (Å²) in [5.41, 5.74) is 0.761. The first-order valence-electron chi connectivity index (χ1n) is 9.21. The summed E-state index contributed by atoms with van der Waals surface area (Å²) in [5, 5.41) is 3.03. The highest BCUT2D eigenvalue weighted by molar-refractivity contribution is 9.10. The van der Waals surface area contributed by atoms with E-state index in [0.717, 1.165) is 28.8 Å². The van der Waals surface area contributed by atoms with Gasteiger partial charge >= 0.3 is 5.97 Å². The molecule has 0 unspecified atom stereocenters. The molecule has 0 heterocycles. The van der Waals surface area contributed by atoms with E-state index in [4.69, 9.17) is 4.74 Å². The van der Waals surface area contributed by atoms with E-state index in [1.165, 1.54) is 38.5 Å². The predicted octanol–water partition coefficient (Wildman–Crippen LogP) is 3.94. The van der Waals surface area contributed by atoms with E-state index in [-0.39, 0.29) is 12.5 Å². The van der Waals surface area contributed by atoms with Gasteiger partial charge in [-0.25, -0.2) is 4.79 Å². The van der Waals surface area contributed by atoms with Crippen LogP contribution in [0.15, 0.2) is 28.7 Å². The fourth-order valence-electron chi connectivity index (χ4n) is 5.64. The molecule has 1 N–H and O–H groups in total. The van der Waals surface area contributed by atoms with Gasteiger partial charge in [-0.15, -0.1) is 0 Å². The van der Waals surface area contributed by atoms with Gasteiger partial charge in [-0.1, -0.05) is 15.9 Å². The minimum absolute atomic E-state index is 0.193. The highest BCUT2D eigenvalue weighted by Gasteiger charge is 2.50. The van der Waals surface area contributed by atoms with Crippen LogP contribution >= 0.6 is 15.9 Å². The Kier molecular flexibility index (Phi) is 4.61. The van der Waals surface area contributed by atoms with E-state index in [1.54, 1.807) is 24.3 Å². The second-order valence-electron chi connectivity index (χ2n) is 8.28. The van der Waals surface area contributed by atoms with E-state index in [2.05, 4.69) is 21.2 Å². The molecule has 25 heavy (non-hydrogen) atoms. The molecule has 1 aromatic rings. The van der Waals surface area contributed by atoms with E-state index in [9.17, 15) is 9.59 Å². The zero-order valence-electron chi connectivity index (χ0n) is 14.3. The number of amides is 1. The van der Waals surface area contributed by atoms with Crippen molar-refractivity contribution in [3.8, 4) is 0 Å². The standard InChI is InChI=1S/C20H24BrNO3/c21-17-3-1-16(2-4-17)19(24)25-11-18(23)22-12-20-8-13-5-14(9-20)7-15(6-13)10-20/h1-4,13-15H,5-12H2,(H,22,23). The number of halogens is 1. The molecule has 5 heteroatoms. The van der Waals surface area contributed by atoms with Crippen LogP contribution in [0.1, 0.15) is 48.9 Å². The zero-order valence-corrected chi connectivity index (χ0v) is 15.9. The summed E-state index contributed by atoms with van der Waals surface area (Å²) >= 11 is 3.33. The monoisotopic (exact) mass is 405 g/mol. The maximum Gasteiger partial charge on any atom is 0.338 e. The van der Waals surface area contributed by atoms with Crippen LogP contribution in [0.2, 0.25) is 0 Å². The number of hydrogen-bond acceptors (Lipinski definition) is 3. The molecule has 0 spiro atoms. The number of hydrogen-bond donors (Lipinski definition) is 1. The van der Waals surface area contributed by atoms with Gasteiger partial charge in [-0.2, -0.15) is 0 Å². The van der Waals surface area contributed by atoms with Gasteiger partial charge in [0.05, 0.1) is 5.56 Å². The second-order valence-corrected chi connectivity index (χ2v) is 9.19. The van der Waals surface area contributed by atoms with Gasteiger partial charge in [0.15, 0.2) is 6.61 Å². The summed E-state index contributed by atoms with van der Waals surface area (Å²) in [6.45, 7) is 0.534. The van der Waals surface area contributed by atoms with Crippen molar-refractivity contribution in [1.82, 2.24) is 5.32 Å². The molecule has 1 amide bonds. The van der Waals surface area contributed by atoms with Gasteiger partial charge in [0.25, 0.3) is 5.91 Å². The first-order valence-corrected chi connectivity index (χ1v) is 10.00. The Bertz CT molecular complexity index is 635. The maximum absolute atomic E-state index is 12.1. The third-order valence-corrected chi connectivity index (χ3v) is 6.77. The van der Waals surface area contributed by atoms with Crippen LogP contribution in [0.3, 0.4) is 0 Å². The first-order chi connectivity index (χ1) is 12.0. The number of nitrogens with one attached hydrogen (secondary N) is 1. The lowest BCUT2D eigenvalue weighted by Crippen LogP contribution is -2.51. The van der Waals surface area contributed by atoms with Gasteiger partial charge in [0, 0.05) is 11.0 Å². The molecule has 134 valence electrons. The second kappa shape index (κ2) is 6.75. The summed E-state index contributed by atoms with van der Waals surface area (Å²) < 4.78 is 6.04. The van der Waals surface area contributed by atoms with Crippen molar-refractivity contribution in [3.63, 3.8) is 0 Å². The molecule has 1 aromatic carbocycles. The highest BCUT2D eigenvalue weighted by atomic mass is 79.9. The average Bonchev–Trinajstić information content (AvgIpc) is 2.57. The van der Waals surface area contributed by atoms with Crippen molar-refractivity contribution in [2.24, 2.45) is 23.2 Å². The third-order valence-electron chi connectivity index (χ3n) is 6.24. The zero-order chi connectivity index (χ0) is 17.4. The summed E-state index contributed by atoms with van der Waals surface area (Å²) in [4.78, 5) is 24.1. The van der Waals surface area contributed by atoms with Crippen molar-refractivity contribution in [3.05, 3.63) is 34.3 Å². The fraction of sp³-hybridized carbons (Fsp3) is 0.600.